The zero-order valence-electron chi connectivity index (χ0n) is 11.5. The van der Waals surface area contributed by atoms with Gasteiger partial charge in [0.1, 0.15) is 0 Å². The van der Waals surface area contributed by atoms with Gasteiger partial charge in [-0.2, -0.15) is 0 Å². The van der Waals surface area contributed by atoms with E-state index in [1.54, 1.807) is 0 Å². The maximum Gasteiger partial charge on any atom is 0.305 e. The molecule has 2 atom stereocenters. The summed E-state index contributed by atoms with van der Waals surface area (Å²) in [5, 5.41) is 0. The van der Waals surface area contributed by atoms with Gasteiger partial charge in [0.05, 0.1) is 0 Å². The number of hydrogen-bond donors (Lipinski definition) is 0. The van der Waals surface area contributed by atoms with Gasteiger partial charge in [-0.05, 0) is 13.3 Å². The summed E-state index contributed by atoms with van der Waals surface area (Å²) in [6.45, 7) is 6.24. The van der Waals surface area contributed by atoms with Crippen LogP contribution in [0.1, 0.15) is 65.7 Å². The SMILES string of the molecule is CCCCCCC[C@H]1C[C@@]1(OCC)OC(C)=O. The number of ether oxygens (including phenoxy) is 2. The molecule has 0 heterocycles. The third-order valence-corrected chi connectivity index (χ3v) is 3.35. The number of carbonyl (C=O) groups excluding carboxylic acids is 1. The Hall–Kier alpha value is -0.570. The summed E-state index contributed by atoms with van der Waals surface area (Å²) in [6, 6.07) is 0. The van der Waals surface area contributed by atoms with E-state index in [1.165, 1.54) is 39.0 Å². The lowest BCUT2D eigenvalue weighted by atomic mass is 10.1. The molecule has 100 valence electrons. The Labute approximate surface area is 105 Å². The van der Waals surface area contributed by atoms with Gasteiger partial charge in [0.25, 0.3) is 0 Å². The molecule has 1 saturated carbocycles. The van der Waals surface area contributed by atoms with Crippen LogP contribution in [-0.4, -0.2) is 18.4 Å². The second-order valence-corrected chi connectivity index (χ2v) is 4.94. The summed E-state index contributed by atoms with van der Waals surface area (Å²) >= 11 is 0. The molecular formula is C14H26O3. The van der Waals surface area contributed by atoms with Crippen molar-refractivity contribution in [3.8, 4) is 0 Å². The van der Waals surface area contributed by atoms with E-state index in [0.29, 0.717) is 12.5 Å². The van der Waals surface area contributed by atoms with E-state index in [9.17, 15) is 4.79 Å². The van der Waals surface area contributed by atoms with Gasteiger partial charge < -0.3 is 9.47 Å². The van der Waals surface area contributed by atoms with Crippen molar-refractivity contribution in [3.05, 3.63) is 0 Å². The average Bonchev–Trinajstić information content (AvgIpc) is 2.90. The molecule has 0 N–H and O–H groups in total. The molecule has 3 nitrogen and oxygen atoms in total. The van der Waals surface area contributed by atoms with E-state index < -0.39 is 5.79 Å². The van der Waals surface area contributed by atoms with Crippen LogP contribution in [0.2, 0.25) is 0 Å². The zero-order valence-corrected chi connectivity index (χ0v) is 11.5. The molecule has 1 fully saturated rings. The molecule has 17 heavy (non-hydrogen) atoms. The van der Waals surface area contributed by atoms with Gasteiger partial charge in [0, 0.05) is 25.9 Å². The highest BCUT2D eigenvalue weighted by Crippen LogP contribution is 2.50. The van der Waals surface area contributed by atoms with Crippen LogP contribution in [0.3, 0.4) is 0 Å². The molecule has 0 bridgehead atoms. The molecule has 0 aliphatic heterocycles. The minimum Gasteiger partial charge on any atom is -0.433 e. The van der Waals surface area contributed by atoms with Crippen molar-refractivity contribution in [1.82, 2.24) is 0 Å². The summed E-state index contributed by atoms with van der Waals surface area (Å²) in [5.74, 6) is -0.370. The van der Waals surface area contributed by atoms with Gasteiger partial charge in [-0.15, -0.1) is 0 Å². The van der Waals surface area contributed by atoms with Crippen molar-refractivity contribution < 1.29 is 14.3 Å². The first-order valence-electron chi connectivity index (χ1n) is 6.98. The minimum atomic E-state index is -0.564. The first kappa shape index (κ1) is 14.5. The van der Waals surface area contributed by atoms with Crippen LogP contribution in [-0.2, 0) is 14.3 Å². The van der Waals surface area contributed by atoms with Crippen molar-refractivity contribution in [2.45, 2.75) is 71.5 Å². The molecule has 1 aliphatic carbocycles. The third-order valence-electron chi connectivity index (χ3n) is 3.35. The van der Waals surface area contributed by atoms with Gasteiger partial charge in [-0.3, -0.25) is 4.79 Å². The van der Waals surface area contributed by atoms with E-state index in [-0.39, 0.29) is 5.97 Å². The van der Waals surface area contributed by atoms with Crippen molar-refractivity contribution in [2.24, 2.45) is 5.92 Å². The molecule has 0 aromatic heterocycles. The Morgan fingerprint density at radius 3 is 2.53 bits per heavy atom. The van der Waals surface area contributed by atoms with Crippen molar-refractivity contribution >= 4 is 5.97 Å². The summed E-state index contributed by atoms with van der Waals surface area (Å²) in [4.78, 5) is 11.0. The molecular weight excluding hydrogens is 216 g/mol. The van der Waals surface area contributed by atoms with E-state index in [1.807, 2.05) is 6.92 Å². The zero-order chi connectivity index (χ0) is 12.7. The van der Waals surface area contributed by atoms with E-state index in [2.05, 4.69) is 6.92 Å². The monoisotopic (exact) mass is 242 g/mol. The Morgan fingerprint density at radius 1 is 1.24 bits per heavy atom. The van der Waals surface area contributed by atoms with Crippen LogP contribution in [0.25, 0.3) is 0 Å². The van der Waals surface area contributed by atoms with Crippen LogP contribution < -0.4 is 0 Å². The third kappa shape index (κ3) is 4.66. The predicted molar refractivity (Wildman–Crippen MR) is 67.6 cm³/mol. The largest absolute Gasteiger partial charge is 0.433 e. The van der Waals surface area contributed by atoms with Gasteiger partial charge in [-0.1, -0.05) is 39.0 Å². The maximum absolute atomic E-state index is 11.0. The van der Waals surface area contributed by atoms with E-state index >= 15 is 0 Å². The second-order valence-electron chi connectivity index (χ2n) is 4.94. The number of hydrogen-bond acceptors (Lipinski definition) is 3. The lowest BCUT2D eigenvalue weighted by molar-refractivity contribution is -0.191. The topological polar surface area (TPSA) is 35.5 Å². The lowest BCUT2D eigenvalue weighted by Crippen LogP contribution is -2.24. The van der Waals surface area contributed by atoms with Gasteiger partial charge in [0.2, 0.25) is 5.79 Å². The summed E-state index contributed by atoms with van der Waals surface area (Å²) < 4.78 is 10.9. The average molecular weight is 242 g/mol. The maximum atomic E-state index is 11.0. The second kappa shape index (κ2) is 7.00. The Balaban J connectivity index is 2.20. The van der Waals surface area contributed by atoms with Crippen molar-refractivity contribution in [2.75, 3.05) is 6.61 Å². The van der Waals surface area contributed by atoms with Gasteiger partial charge in [0.15, 0.2) is 0 Å². The highest BCUT2D eigenvalue weighted by atomic mass is 16.7. The quantitative estimate of drug-likeness (QED) is 0.351. The minimum absolute atomic E-state index is 0.230. The molecule has 0 amide bonds. The standard InChI is InChI=1S/C14H26O3/c1-4-6-7-8-9-10-13-11-14(13,16-5-2)17-12(3)15/h13H,4-11H2,1-3H3/t13-,14+/m0/s1. The molecule has 0 aromatic rings. The summed E-state index contributed by atoms with van der Waals surface area (Å²) in [6.07, 6.45) is 8.43. The normalized spacial score (nSPS) is 26.9. The van der Waals surface area contributed by atoms with Crippen molar-refractivity contribution in [1.29, 1.82) is 0 Å². The highest BCUT2D eigenvalue weighted by Gasteiger charge is 2.58. The van der Waals surface area contributed by atoms with Crippen LogP contribution in [0, 0.1) is 5.92 Å². The van der Waals surface area contributed by atoms with E-state index in [4.69, 9.17) is 9.47 Å². The summed E-state index contributed by atoms with van der Waals surface area (Å²) in [5.41, 5.74) is 0. The van der Waals surface area contributed by atoms with E-state index in [0.717, 1.165) is 12.8 Å². The van der Waals surface area contributed by atoms with Gasteiger partial charge >= 0.3 is 5.97 Å². The lowest BCUT2D eigenvalue weighted by Gasteiger charge is -2.17. The Morgan fingerprint density at radius 2 is 1.94 bits per heavy atom. The van der Waals surface area contributed by atoms with Gasteiger partial charge in [-0.25, -0.2) is 0 Å². The van der Waals surface area contributed by atoms with Crippen molar-refractivity contribution in [3.63, 3.8) is 0 Å². The number of carbonyl (C=O) groups is 1. The molecule has 3 heteroatoms. The Bertz CT molecular complexity index is 240. The molecule has 0 spiro atoms. The predicted octanol–water partition coefficient (Wildman–Crippen LogP) is 3.66. The molecule has 0 saturated heterocycles. The molecule has 1 aliphatic rings. The molecule has 0 aromatic carbocycles. The number of unbranched alkanes of at least 4 members (excludes halogenated alkanes) is 4. The number of rotatable bonds is 9. The van der Waals surface area contributed by atoms with Crippen LogP contribution in [0.4, 0.5) is 0 Å². The fourth-order valence-electron chi connectivity index (χ4n) is 2.42. The smallest absolute Gasteiger partial charge is 0.305 e. The fraction of sp³-hybridized carbons (Fsp3) is 0.929. The molecule has 0 unspecified atom stereocenters. The van der Waals surface area contributed by atoms with Crippen LogP contribution in [0.5, 0.6) is 0 Å². The van der Waals surface area contributed by atoms with Crippen LogP contribution >= 0.6 is 0 Å². The highest BCUT2D eigenvalue weighted by molar-refractivity contribution is 5.66. The molecule has 1 rings (SSSR count). The summed E-state index contributed by atoms with van der Waals surface area (Å²) in [7, 11) is 0. The number of esters is 1. The Kier molecular flexibility index (Phi) is 5.96. The van der Waals surface area contributed by atoms with Crippen LogP contribution in [0.15, 0.2) is 0 Å². The first-order valence-corrected chi connectivity index (χ1v) is 6.98. The first-order chi connectivity index (χ1) is 8.14. The fourth-order valence-corrected chi connectivity index (χ4v) is 2.42. The molecule has 0 radical (unpaired) electrons.